The molecule has 0 saturated heterocycles. The van der Waals surface area contributed by atoms with Crippen molar-refractivity contribution in [1.29, 1.82) is 0 Å². The second-order valence-corrected chi connectivity index (χ2v) is 5.03. The van der Waals surface area contributed by atoms with Crippen molar-refractivity contribution in [2.75, 3.05) is 11.9 Å². The lowest BCUT2D eigenvalue weighted by molar-refractivity contribution is 0.333. The number of rotatable bonds is 4. The second-order valence-electron chi connectivity index (χ2n) is 4.59. The minimum Gasteiger partial charge on any atom is -0.389 e. The van der Waals surface area contributed by atoms with Crippen LogP contribution in [0, 0.1) is 12.8 Å². The van der Waals surface area contributed by atoms with E-state index in [1.54, 1.807) is 0 Å². The average molecular weight is 234 g/mol. The zero-order valence-electron chi connectivity index (χ0n) is 9.62. The summed E-state index contributed by atoms with van der Waals surface area (Å²) >= 11 is 5.05. The summed E-state index contributed by atoms with van der Waals surface area (Å²) in [6, 6.07) is 6.16. The summed E-state index contributed by atoms with van der Waals surface area (Å²) in [5, 5.41) is 3.47. The van der Waals surface area contributed by atoms with Crippen molar-refractivity contribution in [3.63, 3.8) is 0 Å². The number of nitrogens with two attached hydrogens (primary N) is 1. The maximum Gasteiger partial charge on any atom is 0.106 e. The molecule has 3 heteroatoms. The first-order valence-electron chi connectivity index (χ1n) is 5.81. The van der Waals surface area contributed by atoms with Crippen molar-refractivity contribution in [1.82, 2.24) is 0 Å². The first-order valence-corrected chi connectivity index (χ1v) is 6.22. The first-order chi connectivity index (χ1) is 7.66. The molecule has 1 aliphatic rings. The molecule has 2 rings (SSSR count). The third-order valence-electron chi connectivity index (χ3n) is 3.25. The molecule has 0 spiro atoms. The van der Waals surface area contributed by atoms with Gasteiger partial charge in [-0.15, -0.1) is 0 Å². The quantitative estimate of drug-likeness (QED) is 0.787. The largest absolute Gasteiger partial charge is 0.389 e. The standard InChI is InChI=1S/C13H18N2S/c1-9-5-6-11(13(14)16)12(7-9)15-8-10-3-2-4-10/h5-7,10,15H,2-4,8H2,1H3,(H2,14,16). The zero-order valence-corrected chi connectivity index (χ0v) is 10.4. The van der Waals surface area contributed by atoms with Gasteiger partial charge in [0.25, 0.3) is 0 Å². The Bertz CT molecular complexity index is 397. The van der Waals surface area contributed by atoms with Crippen LogP contribution in [0.5, 0.6) is 0 Å². The van der Waals surface area contributed by atoms with Gasteiger partial charge in [-0.2, -0.15) is 0 Å². The van der Waals surface area contributed by atoms with Crippen molar-refractivity contribution >= 4 is 22.9 Å². The normalized spacial score (nSPS) is 15.6. The van der Waals surface area contributed by atoms with Crippen LogP contribution in [0.2, 0.25) is 0 Å². The van der Waals surface area contributed by atoms with Gasteiger partial charge in [-0.05, 0) is 43.4 Å². The molecule has 1 saturated carbocycles. The van der Waals surface area contributed by atoms with E-state index in [0.29, 0.717) is 4.99 Å². The number of benzene rings is 1. The molecule has 0 unspecified atom stereocenters. The topological polar surface area (TPSA) is 38.0 Å². The average Bonchev–Trinajstić information content (AvgIpc) is 2.14. The van der Waals surface area contributed by atoms with Crippen LogP contribution in [0.25, 0.3) is 0 Å². The molecule has 86 valence electrons. The van der Waals surface area contributed by atoms with Crippen LogP contribution in [-0.4, -0.2) is 11.5 Å². The van der Waals surface area contributed by atoms with Crippen LogP contribution in [0.3, 0.4) is 0 Å². The molecule has 1 fully saturated rings. The van der Waals surface area contributed by atoms with Gasteiger partial charge in [-0.25, -0.2) is 0 Å². The van der Waals surface area contributed by atoms with Crippen LogP contribution < -0.4 is 11.1 Å². The van der Waals surface area contributed by atoms with Crippen molar-refractivity contribution in [2.45, 2.75) is 26.2 Å². The van der Waals surface area contributed by atoms with Gasteiger partial charge in [0.2, 0.25) is 0 Å². The van der Waals surface area contributed by atoms with E-state index in [4.69, 9.17) is 18.0 Å². The summed E-state index contributed by atoms with van der Waals surface area (Å²) in [4.78, 5) is 0.469. The molecule has 0 atom stereocenters. The minimum atomic E-state index is 0.469. The van der Waals surface area contributed by atoms with Crippen LogP contribution >= 0.6 is 12.2 Å². The van der Waals surface area contributed by atoms with Gasteiger partial charge in [0.15, 0.2) is 0 Å². The molecule has 0 radical (unpaired) electrons. The summed E-state index contributed by atoms with van der Waals surface area (Å²) in [7, 11) is 0. The molecule has 0 aromatic heterocycles. The lowest BCUT2D eigenvalue weighted by Crippen LogP contribution is -2.22. The molecular weight excluding hydrogens is 216 g/mol. The number of aryl methyl sites for hydroxylation is 1. The molecule has 3 N–H and O–H groups in total. The third kappa shape index (κ3) is 2.53. The Morgan fingerprint density at radius 2 is 2.25 bits per heavy atom. The molecule has 0 bridgehead atoms. The molecule has 1 aromatic carbocycles. The highest BCUT2D eigenvalue weighted by atomic mass is 32.1. The number of hydrogen-bond acceptors (Lipinski definition) is 2. The van der Waals surface area contributed by atoms with Crippen LogP contribution in [0.15, 0.2) is 18.2 Å². The number of nitrogens with one attached hydrogen (secondary N) is 1. The van der Waals surface area contributed by atoms with E-state index in [1.165, 1.54) is 24.8 Å². The molecule has 0 heterocycles. The van der Waals surface area contributed by atoms with Gasteiger partial charge < -0.3 is 11.1 Å². The Kier molecular flexibility index (Phi) is 3.44. The maximum atomic E-state index is 5.71. The number of hydrogen-bond donors (Lipinski definition) is 2. The molecule has 16 heavy (non-hydrogen) atoms. The molecule has 1 aromatic rings. The maximum absolute atomic E-state index is 5.71. The summed E-state index contributed by atoms with van der Waals surface area (Å²) < 4.78 is 0. The van der Waals surface area contributed by atoms with E-state index in [2.05, 4.69) is 18.3 Å². The van der Waals surface area contributed by atoms with Gasteiger partial charge in [0.05, 0.1) is 0 Å². The molecule has 0 aliphatic heterocycles. The fourth-order valence-electron chi connectivity index (χ4n) is 1.97. The van der Waals surface area contributed by atoms with E-state index in [1.807, 2.05) is 12.1 Å². The summed E-state index contributed by atoms with van der Waals surface area (Å²) in [6.45, 7) is 3.12. The van der Waals surface area contributed by atoms with Crippen molar-refractivity contribution in [2.24, 2.45) is 11.7 Å². The molecular formula is C13H18N2S. The number of thiocarbonyl (C=S) groups is 1. The minimum absolute atomic E-state index is 0.469. The third-order valence-corrected chi connectivity index (χ3v) is 3.47. The smallest absolute Gasteiger partial charge is 0.106 e. The Balaban J connectivity index is 2.09. The predicted molar refractivity (Wildman–Crippen MR) is 72.9 cm³/mol. The van der Waals surface area contributed by atoms with Gasteiger partial charge >= 0.3 is 0 Å². The lowest BCUT2D eigenvalue weighted by atomic mass is 9.85. The summed E-state index contributed by atoms with van der Waals surface area (Å²) in [5.74, 6) is 0.833. The highest BCUT2D eigenvalue weighted by Crippen LogP contribution is 2.27. The highest BCUT2D eigenvalue weighted by Gasteiger charge is 2.17. The Morgan fingerprint density at radius 1 is 1.50 bits per heavy atom. The van der Waals surface area contributed by atoms with E-state index in [9.17, 15) is 0 Å². The van der Waals surface area contributed by atoms with Crippen molar-refractivity contribution in [3.8, 4) is 0 Å². The van der Waals surface area contributed by atoms with E-state index >= 15 is 0 Å². The van der Waals surface area contributed by atoms with E-state index in [-0.39, 0.29) is 0 Å². The van der Waals surface area contributed by atoms with Crippen LogP contribution in [-0.2, 0) is 0 Å². The van der Waals surface area contributed by atoms with Gasteiger partial charge in [-0.3, -0.25) is 0 Å². The first kappa shape index (κ1) is 11.4. The lowest BCUT2D eigenvalue weighted by Gasteiger charge is -2.26. The van der Waals surface area contributed by atoms with Crippen LogP contribution in [0.1, 0.15) is 30.4 Å². The second kappa shape index (κ2) is 4.83. The SMILES string of the molecule is Cc1ccc(C(N)=S)c(NCC2CCC2)c1. The fourth-order valence-corrected chi connectivity index (χ4v) is 2.15. The number of anilines is 1. The zero-order chi connectivity index (χ0) is 11.5. The Hall–Kier alpha value is -1.09. The summed E-state index contributed by atoms with van der Waals surface area (Å²) in [5.41, 5.74) is 8.98. The van der Waals surface area contributed by atoms with E-state index in [0.717, 1.165) is 23.7 Å². The summed E-state index contributed by atoms with van der Waals surface area (Å²) in [6.07, 6.45) is 4.07. The Labute approximate surface area is 102 Å². The van der Waals surface area contributed by atoms with Crippen molar-refractivity contribution < 1.29 is 0 Å². The molecule has 0 amide bonds. The Morgan fingerprint density at radius 3 is 2.81 bits per heavy atom. The highest BCUT2D eigenvalue weighted by molar-refractivity contribution is 7.80. The molecule has 1 aliphatic carbocycles. The molecule has 2 nitrogen and oxygen atoms in total. The predicted octanol–water partition coefficient (Wildman–Crippen LogP) is 2.84. The van der Waals surface area contributed by atoms with Crippen LogP contribution in [0.4, 0.5) is 5.69 Å². The van der Waals surface area contributed by atoms with Gasteiger partial charge in [-0.1, -0.05) is 24.7 Å². The monoisotopic (exact) mass is 234 g/mol. The van der Waals surface area contributed by atoms with Gasteiger partial charge in [0.1, 0.15) is 4.99 Å². The fraction of sp³-hybridized carbons (Fsp3) is 0.462. The van der Waals surface area contributed by atoms with Crippen molar-refractivity contribution in [3.05, 3.63) is 29.3 Å². The van der Waals surface area contributed by atoms with E-state index < -0.39 is 0 Å². The van der Waals surface area contributed by atoms with Gasteiger partial charge in [0, 0.05) is 17.8 Å².